The molecule has 1 heterocycles. The van der Waals surface area contributed by atoms with Crippen LogP contribution in [-0.2, 0) is 10.0 Å². The Morgan fingerprint density at radius 1 is 0.960 bits per heavy atom. The number of rotatable bonds is 6. The second-order valence-corrected chi connectivity index (χ2v) is 9.18. The molecule has 3 rings (SSSR count). The Bertz CT molecular complexity index is 969. The Morgan fingerprint density at radius 2 is 1.60 bits per heavy atom. The van der Waals surface area contributed by atoms with Crippen LogP contribution in [0.1, 0.15) is 0 Å². The summed E-state index contributed by atoms with van der Waals surface area (Å²) in [6.07, 6.45) is 0. The summed E-state index contributed by atoms with van der Waals surface area (Å²) in [5, 5.41) is 1.93. The first-order valence-corrected chi connectivity index (χ1v) is 10.4. The summed E-state index contributed by atoms with van der Waals surface area (Å²) < 4.78 is 28.9. The van der Waals surface area contributed by atoms with E-state index in [0.29, 0.717) is 23.1 Å². The van der Waals surface area contributed by atoms with E-state index < -0.39 is 10.0 Å². The highest BCUT2D eigenvalue weighted by molar-refractivity contribution is 7.93. The third kappa shape index (κ3) is 3.67. The minimum Gasteiger partial charge on any atom is -0.308 e. The van der Waals surface area contributed by atoms with Gasteiger partial charge < -0.3 is 4.90 Å². The van der Waals surface area contributed by atoms with Crippen LogP contribution in [0.5, 0.6) is 0 Å². The molecule has 0 spiro atoms. The quantitative estimate of drug-likeness (QED) is 0.625. The minimum atomic E-state index is -3.69. The first-order chi connectivity index (χ1) is 11.9. The average molecular weight is 395 g/mol. The fraction of sp³-hybridized carbons (Fsp3) is 0.222. The van der Waals surface area contributed by atoms with Crippen molar-refractivity contribution in [2.24, 2.45) is 0 Å². The molecule has 0 N–H and O–H groups in total. The van der Waals surface area contributed by atoms with E-state index in [1.54, 1.807) is 30.3 Å². The van der Waals surface area contributed by atoms with Crippen molar-refractivity contribution in [1.29, 1.82) is 0 Å². The lowest BCUT2D eigenvalue weighted by Gasteiger charge is -2.25. The first-order valence-electron chi connectivity index (χ1n) is 7.81. The van der Waals surface area contributed by atoms with E-state index in [0.717, 1.165) is 10.1 Å². The summed E-state index contributed by atoms with van der Waals surface area (Å²) in [4.78, 5) is 2.22. The number of thiophene rings is 1. The van der Waals surface area contributed by atoms with Crippen LogP contribution in [0.4, 0.5) is 5.00 Å². The maximum atomic E-state index is 13.2. The number of halogens is 1. The summed E-state index contributed by atoms with van der Waals surface area (Å²) in [5.41, 5.74) is 0. The lowest BCUT2D eigenvalue weighted by molar-refractivity contribution is 0.419. The van der Waals surface area contributed by atoms with E-state index in [4.69, 9.17) is 11.6 Å². The standard InChI is InChI=1S/C18H19ClN2O2S2/c1-20(2)12-13-21(25(22,23)14-8-4-3-5-9-14)18-17(19)15-10-6-7-11-16(15)24-18/h3-11H,12-13H2,1-2H3. The molecule has 4 nitrogen and oxygen atoms in total. The van der Waals surface area contributed by atoms with Gasteiger partial charge in [-0.15, -0.1) is 11.3 Å². The molecule has 3 aromatic rings. The zero-order valence-electron chi connectivity index (χ0n) is 14.0. The van der Waals surface area contributed by atoms with Gasteiger partial charge in [0.1, 0.15) is 5.00 Å². The number of nitrogens with zero attached hydrogens (tertiary/aromatic N) is 2. The molecule has 0 aliphatic carbocycles. The van der Waals surface area contributed by atoms with Crippen molar-refractivity contribution < 1.29 is 8.42 Å². The van der Waals surface area contributed by atoms with E-state index in [2.05, 4.69) is 0 Å². The molecule has 0 saturated heterocycles. The summed E-state index contributed by atoms with van der Waals surface area (Å²) in [6, 6.07) is 16.2. The normalized spacial score (nSPS) is 12.0. The van der Waals surface area contributed by atoms with Crippen LogP contribution in [0.3, 0.4) is 0 Å². The smallest absolute Gasteiger partial charge is 0.265 e. The molecule has 2 aromatic carbocycles. The number of fused-ring (bicyclic) bond motifs is 1. The molecule has 0 atom stereocenters. The lowest BCUT2D eigenvalue weighted by Crippen LogP contribution is -2.36. The minimum absolute atomic E-state index is 0.266. The number of likely N-dealkylation sites (N-methyl/N-ethyl adjacent to an activating group) is 1. The fourth-order valence-electron chi connectivity index (χ4n) is 2.50. The highest BCUT2D eigenvalue weighted by Gasteiger charge is 2.28. The van der Waals surface area contributed by atoms with Crippen molar-refractivity contribution in [3.05, 3.63) is 59.6 Å². The highest BCUT2D eigenvalue weighted by Crippen LogP contribution is 2.43. The van der Waals surface area contributed by atoms with Crippen molar-refractivity contribution in [3.8, 4) is 0 Å². The number of sulfonamides is 1. The second kappa shape index (κ2) is 7.33. The molecule has 25 heavy (non-hydrogen) atoms. The zero-order chi connectivity index (χ0) is 18.0. The zero-order valence-corrected chi connectivity index (χ0v) is 16.4. The van der Waals surface area contributed by atoms with Gasteiger partial charge in [0, 0.05) is 23.2 Å². The molecule has 0 amide bonds. The van der Waals surface area contributed by atoms with Gasteiger partial charge in [-0.1, -0.05) is 48.0 Å². The predicted molar refractivity (Wildman–Crippen MR) is 106 cm³/mol. The molecular weight excluding hydrogens is 376 g/mol. The van der Waals surface area contributed by atoms with Crippen molar-refractivity contribution in [3.63, 3.8) is 0 Å². The largest absolute Gasteiger partial charge is 0.308 e. The molecule has 0 bridgehead atoms. The summed E-state index contributed by atoms with van der Waals surface area (Å²) in [6.45, 7) is 0.924. The van der Waals surface area contributed by atoms with Gasteiger partial charge in [0.05, 0.1) is 9.92 Å². The first kappa shape index (κ1) is 18.2. The van der Waals surface area contributed by atoms with Gasteiger partial charge in [-0.05, 0) is 32.3 Å². The van der Waals surface area contributed by atoms with Crippen molar-refractivity contribution in [2.45, 2.75) is 4.90 Å². The molecule has 0 aliphatic heterocycles. The SMILES string of the molecule is CN(C)CCN(c1sc2ccccc2c1Cl)S(=O)(=O)c1ccccc1. The van der Waals surface area contributed by atoms with Crippen molar-refractivity contribution in [1.82, 2.24) is 4.90 Å². The van der Waals surface area contributed by atoms with Crippen LogP contribution in [-0.4, -0.2) is 40.5 Å². The molecule has 0 aliphatic rings. The molecule has 7 heteroatoms. The van der Waals surface area contributed by atoms with Gasteiger partial charge in [-0.25, -0.2) is 8.42 Å². The molecule has 0 fully saturated rings. The van der Waals surface area contributed by atoms with Gasteiger partial charge in [0.2, 0.25) is 0 Å². The summed E-state index contributed by atoms with van der Waals surface area (Å²) in [5.74, 6) is 0. The van der Waals surface area contributed by atoms with Gasteiger partial charge >= 0.3 is 0 Å². The van der Waals surface area contributed by atoms with Gasteiger partial charge in [0.15, 0.2) is 0 Å². The Labute approximate surface area is 157 Å². The van der Waals surface area contributed by atoms with E-state index in [1.807, 2.05) is 43.3 Å². The monoisotopic (exact) mass is 394 g/mol. The fourth-order valence-corrected chi connectivity index (χ4v) is 5.81. The Balaban J connectivity index is 2.13. The molecule has 132 valence electrons. The average Bonchev–Trinajstić information content (AvgIpc) is 2.92. The van der Waals surface area contributed by atoms with Crippen LogP contribution in [0, 0.1) is 0 Å². The highest BCUT2D eigenvalue weighted by atomic mass is 35.5. The Morgan fingerprint density at radius 3 is 2.24 bits per heavy atom. The van der Waals surface area contributed by atoms with Crippen LogP contribution in [0.25, 0.3) is 10.1 Å². The van der Waals surface area contributed by atoms with Crippen LogP contribution < -0.4 is 4.31 Å². The van der Waals surface area contributed by atoms with Crippen molar-refractivity contribution in [2.75, 3.05) is 31.5 Å². The Hall–Kier alpha value is -1.60. The molecular formula is C18H19ClN2O2S2. The van der Waals surface area contributed by atoms with Gasteiger partial charge in [0.25, 0.3) is 10.0 Å². The molecule has 0 unspecified atom stereocenters. The lowest BCUT2D eigenvalue weighted by atomic mass is 10.3. The Kier molecular flexibility index (Phi) is 5.34. The summed E-state index contributed by atoms with van der Waals surface area (Å²) >= 11 is 7.95. The third-order valence-electron chi connectivity index (χ3n) is 3.83. The number of hydrogen-bond acceptors (Lipinski definition) is 4. The summed E-state index contributed by atoms with van der Waals surface area (Å²) in [7, 11) is 0.146. The van der Waals surface area contributed by atoms with Gasteiger partial charge in [-0.3, -0.25) is 4.31 Å². The van der Waals surface area contributed by atoms with E-state index >= 15 is 0 Å². The van der Waals surface area contributed by atoms with Crippen LogP contribution in [0.15, 0.2) is 59.5 Å². The topological polar surface area (TPSA) is 40.6 Å². The van der Waals surface area contributed by atoms with Crippen molar-refractivity contribution >= 4 is 48.0 Å². The molecule has 0 saturated carbocycles. The maximum Gasteiger partial charge on any atom is 0.265 e. The van der Waals surface area contributed by atoms with E-state index in [-0.39, 0.29) is 4.90 Å². The predicted octanol–water partition coefficient (Wildman–Crippen LogP) is 4.31. The van der Waals surface area contributed by atoms with Crippen LogP contribution >= 0.6 is 22.9 Å². The van der Waals surface area contributed by atoms with E-state index in [1.165, 1.54) is 15.6 Å². The molecule has 0 radical (unpaired) electrons. The van der Waals surface area contributed by atoms with Crippen LogP contribution in [0.2, 0.25) is 5.02 Å². The second-order valence-electron chi connectivity index (χ2n) is 5.91. The van der Waals surface area contributed by atoms with Gasteiger partial charge in [-0.2, -0.15) is 0 Å². The number of hydrogen-bond donors (Lipinski definition) is 0. The maximum absolute atomic E-state index is 13.2. The number of benzene rings is 2. The molecule has 1 aromatic heterocycles. The third-order valence-corrected chi connectivity index (χ3v) is 7.44. The van der Waals surface area contributed by atoms with E-state index in [9.17, 15) is 8.42 Å². The number of anilines is 1.